The van der Waals surface area contributed by atoms with Gasteiger partial charge in [0.2, 0.25) is 0 Å². The van der Waals surface area contributed by atoms with Crippen molar-refractivity contribution in [2.24, 2.45) is 0 Å². The molecule has 0 atom stereocenters. The second-order valence-electron chi connectivity index (χ2n) is 9.23. The second-order valence-corrected chi connectivity index (χ2v) is 15.7. The van der Waals surface area contributed by atoms with Gasteiger partial charge in [-0.2, -0.15) is 0 Å². The van der Waals surface area contributed by atoms with Crippen molar-refractivity contribution >= 4 is 86.8 Å². The highest BCUT2D eigenvalue weighted by atomic mass is 32.2. The number of aryl methyl sites for hydroxylation is 3. The van der Waals surface area contributed by atoms with Crippen molar-refractivity contribution in [2.45, 2.75) is 20.8 Å². The van der Waals surface area contributed by atoms with E-state index in [0.717, 1.165) is 0 Å². The van der Waals surface area contributed by atoms with E-state index in [9.17, 15) is 0 Å². The van der Waals surface area contributed by atoms with Crippen LogP contribution in [0.25, 0.3) is 59.2 Å². The lowest BCUT2D eigenvalue weighted by Crippen LogP contribution is -1.87. The van der Waals surface area contributed by atoms with E-state index in [-0.39, 0.29) is 0 Å². The van der Waals surface area contributed by atoms with Crippen LogP contribution in [-0.2, 0) is 0 Å². The highest BCUT2D eigenvalue weighted by Gasteiger charge is 2.31. The SMILES string of the molecule is Cc1cc(C)cc(-c2csc(-c3sc4ccccc4[s+]3)c2-c2c(C)csc2-c2sc3ccccc3[s+]2)c1. The van der Waals surface area contributed by atoms with Crippen LogP contribution in [-0.4, -0.2) is 0 Å². The number of rotatable bonds is 4. The Kier molecular flexibility index (Phi) is 6.07. The van der Waals surface area contributed by atoms with E-state index in [1.807, 2.05) is 68.0 Å². The Balaban J connectivity index is 1.52. The molecule has 3 aromatic carbocycles. The molecule has 180 valence electrons. The summed E-state index contributed by atoms with van der Waals surface area (Å²) in [6.07, 6.45) is 0. The van der Waals surface area contributed by atoms with Crippen LogP contribution in [0, 0.1) is 20.8 Å². The van der Waals surface area contributed by atoms with Crippen molar-refractivity contribution in [1.82, 2.24) is 0 Å². The van der Waals surface area contributed by atoms with Gasteiger partial charge < -0.3 is 0 Å². The van der Waals surface area contributed by atoms with Gasteiger partial charge in [0.05, 0.1) is 45.3 Å². The molecule has 0 saturated carbocycles. The van der Waals surface area contributed by atoms with Crippen molar-refractivity contribution in [3.8, 4) is 40.4 Å². The number of benzene rings is 3. The monoisotopic (exact) mass is 586 g/mol. The first-order valence-corrected chi connectivity index (χ1v) is 17.0. The molecule has 0 amide bonds. The summed E-state index contributed by atoms with van der Waals surface area (Å²) < 4.78 is 8.26. The Hall–Kier alpha value is -2.32. The summed E-state index contributed by atoms with van der Waals surface area (Å²) in [6.45, 7) is 6.70. The van der Waals surface area contributed by atoms with E-state index in [4.69, 9.17) is 0 Å². The minimum Gasteiger partial charge on any atom is -0.137 e. The molecular formula is C31H22S6+2. The van der Waals surface area contributed by atoms with Gasteiger partial charge in [0.1, 0.15) is 9.75 Å². The standard InChI is InChI=1S/C31H22S6/c1-17-12-18(2)14-20(13-17)21-16-33-29(31-36-24-10-6-7-11-25(24)37-31)27(21)26-19(3)15-32-28(26)30-34-22-8-4-5-9-23(22)35-30/h4-16H,1-3H3/q+2. The lowest BCUT2D eigenvalue weighted by atomic mass is 9.93. The fraction of sp³-hybridized carbons (Fsp3) is 0.0968. The van der Waals surface area contributed by atoms with Gasteiger partial charge in [0, 0.05) is 22.1 Å². The van der Waals surface area contributed by atoms with Crippen LogP contribution in [0.1, 0.15) is 16.7 Å². The Morgan fingerprint density at radius 3 is 1.73 bits per heavy atom. The molecule has 0 spiro atoms. The van der Waals surface area contributed by atoms with Gasteiger partial charge in [0.25, 0.3) is 8.38 Å². The zero-order valence-corrected chi connectivity index (χ0v) is 25.4. The van der Waals surface area contributed by atoms with Crippen molar-refractivity contribution in [2.75, 3.05) is 0 Å². The smallest absolute Gasteiger partial charge is 0.137 e. The summed E-state index contributed by atoms with van der Waals surface area (Å²) in [5.41, 5.74) is 9.46. The van der Waals surface area contributed by atoms with Crippen molar-refractivity contribution in [3.05, 3.63) is 94.2 Å². The number of hydrogen-bond acceptors (Lipinski definition) is 4. The van der Waals surface area contributed by atoms with E-state index in [1.54, 1.807) is 0 Å². The van der Waals surface area contributed by atoms with E-state index in [0.29, 0.717) is 0 Å². The summed E-state index contributed by atoms with van der Waals surface area (Å²) in [4.78, 5) is 2.80. The van der Waals surface area contributed by atoms with E-state index in [1.165, 1.54) is 75.9 Å². The second kappa shape index (κ2) is 9.45. The fourth-order valence-electron chi connectivity index (χ4n) is 4.87. The predicted molar refractivity (Wildman–Crippen MR) is 173 cm³/mol. The number of thiophene rings is 2. The molecule has 0 unspecified atom stereocenters. The Labute approximate surface area is 240 Å². The van der Waals surface area contributed by atoms with Crippen LogP contribution >= 0.6 is 68.0 Å². The molecule has 0 aliphatic heterocycles. The molecule has 0 nitrogen and oxygen atoms in total. The summed E-state index contributed by atoms with van der Waals surface area (Å²) in [7, 11) is 0. The first-order chi connectivity index (χ1) is 18.0. The van der Waals surface area contributed by atoms with Gasteiger partial charge in [-0.05, 0) is 61.5 Å². The maximum atomic E-state index is 2.39. The average Bonchev–Trinajstić information content (AvgIpc) is 3.66. The number of fused-ring (bicyclic) bond motifs is 2. The van der Waals surface area contributed by atoms with Crippen molar-refractivity contribution < 1.29 is 0 Å². The molecule has 0 aliphatic carbocycles. The predicted octanol–water partition coefficient (Wildman–Crippen LogP) is 12.5. The zero-order chi connectivity index (χ0) is 25.1. The third kappa shape index (κ3) is 4.20. The molecule has 0 radical (unpaired) electrons. The highest BCUT2D eigenvalue weighted by Crippen LogP contribution is 2.55. The maximum absolute atomic E-state index is 2.39. The molecule has 4 heterocycles. The van der Waals surface area contributed by atoms with Crippen molar-refractivity contribution in [1.29, 1.82) is 0 Å². The van der Waals surface area contributed by atoms with Crippen molar-refractivity contribution in [3.63, 3.8) is 0 Å². The summed E-state index contributed by atoms with van der Waals surface area (Å²) in [5.74, 6) is 0. The van der Waals surface area contributed by atoms with Crippen LogP contribution in [0.3, 0.4) is 0 Å². The minimum absolute atomic E-state index is 1.31. The first-order valence-electron chi connectivity index (χ1n) is 12.0. The van der Waals surface area contributed by atoms with Crippen LogP contribution < -0.4 is 0 Å². The van der Waals surface area contributed by atoms with Crippen LogP contribution in [0.5, 0.6) is 0 Å². The van der Waals surface area contributed by atoms with Gasteiger partial charge in [-0.3, -0.25) is 0 Å². The fourth-order valence-corrected chi connectivity index (χ4v) is 12.5. The first kappa shape index (κ1) is 23.8. The molecule has 0 aliphatic rings. The highest BCUT2D eigenvalue weighted by molar-refractivity contribution is 7.45. The largest absolute Gasteiger partial charge is 0.296 e. The third-order valence-corrected chi connectivity index (χ3v) is 14.2. The van der Waals surface area contributed by atoms with Gasteiger partial charge >= 0.3 is 0 Å². The van der Waals surface area contributed by atoms with Crippen LogP contribution in [0.2, 0.25) is 0 Å². The zero-order valence-electron chi connectivity index (χ0n) is 20.5. The summed E-state index contributed by atoms with van der Waals surface area (Å²) >= 11 is 11.5. The molecule has 7 rings (SSSR count). The van der Waals surface area contributed by atoms with Crippen LogP contribution in [0.15, 0.2) is 77.5 Å². The van der Waals surface area contributed by atoms with Gasteiger partial charge in [-0.25, -0.2) is 0 Å². The molecule has 0 N–H and O–H groups in total. The van der Waals surface area contributed by atoms with Gasteiger partial charge in [-0.15, -0.1) is 22.7 Å². The lowest BCUT2D eigenvalue weighted by Gasteiger charge is -2.09. The molecule has 0 fully saturated rings. The average molecular weight is 587 g/mol. The van der Waals surface area contributed by atoms with E-state index >= 15 is 0 Å². The molecule has 4 aromatic heterocycles. The Morgan fingerprint density at radius 2 is 1.14 bits per heavy atom. The topological polar surface area (TPSA) is 0 Å². The third-order valence-electron chi connectivity index (χ3n) is 6.43. The van der Waals surface area contributed by atoms with Crippen LogP contribution in [0.4, 0.5) is 0 Å². The minimum atomic E-state index is 1.31. The molecular weight excluding hydrogens is 565 g/mol. The molecule has 0 saturated heterocycles. The normalized spacial score (nSPS) is 11.6. The van der Waals surface area contributed by atoms with E-state index in [2.05, 4.69) is 98.3 Å². The number of hydrogen-bond donors (Lipinski definition) is 0. The van der Waals surface area contributed by atoms with Gasteiger partial charge in [0.15, 0.2) is 18.8 Å². The van der Waals surface area contributed by atoms with E-state index < -0.39 is 0 Å². The quantitative estimate of drug-likeness (QED) is 0.180. The van der Waals surface area contributed by atoms with Gasteiger partial charge in [-0.1, -0.05) is 53.6 Å². The summed E-state index contributed by atoms with van der Waals surface area (Å²) in [6, 6.07) is 24.5. The molecule has 37 heavy (non-hydrogen) atoms. The Bertz CT molecular complexity index is 1840. The maximum Gasteiger partial charge on any atom is 0.296 e. The molecule has 0 bridgehead atoms. The molecule has 7 aromatic rings. The molecule has 6 heteroatoms. The summed E-state index contributed by atoms with van der Waals surface area (Å²) in [5, 5.41) is 4.74. The lowest BCUT2D eigenvalue weighted by molar-refractivity contribution is 1.39. The Morgan fingerprint density at radius 1 is 0.595 bits per heavy atom.